The zero-order valence-corrected chi connectivity index (χ0v) is 11.7. The van der Waals surface area contributed by atoms with Crippen LogP contribution in [0.4, 0.5) is 0 Å². The fourth-order valence-electron chi connectivity index (χ4n) is 1.96. The molecule has 1 N–H and O–H groups in total. The molecule has 0 saturated carbocycles. The van der Waals surface area contributed by atoms with Crippen molar-refractivity contribution >= 4 is 28.7 Å². The van der Waals surface area contributed by atoms with Gasteiger partial charge < -0.3 is 5.32 Å². The molecule has 1 aliphatic rings. The van der Waals surface area contributed by atoms with Gasteiger partial charge >= 0.3 is 0 Å². The average molecular weight is 257 g/mol. The van der Waals surface area contributed by atoms with E-state index in [9.17, 15) is 9.59 Å². The summed E-state index contributed by atoms with van der Waals surface area (Å²) in [4.78, 5) is 22.2. The van der Waals surface area contributed by atoms with Gasteiger partial charge in [0.05, 0.1) is 0 Å². The fourth-order valence-corrected chi connectivity index (χ4v) is 3.36. The van der Waals surface area contributed by atoms with Crippen molar-refractivity contribution in [2.24, 2.45) is 11.0 Å². The van der Waals surface area contributed by atoms with Gasteiger partial charge in [0.1, 0.15) is 4.87 Å². The minimum absolute atomic E-state index is 0.110. The molecule has 0 aromatic carbocycles. The molecule has 1 aliphatic heterocycles. The highest BCUT2D eigenvalue weighted by Gasteiger charge is 2.42. The third kappa shape index (κ3) is 3.46. The van der Waals surface area contributed by atoms with Crippen LogP contribution < -0.4 is 5.32 Å². The molecule has 17 heavy (non-hydrogen) atoms. The molecule has 1 atom stereocenters. The van der Waals surface area contributed by atoms with E-state index in [2.05, 4.69) is 24.3 Å². The number of hydrogen-bond acceptors (Lipinski definition) is 4. The van der Waals surface area contributed by atoms with E-state index in [1.165, 1.54) is 30.6 Å². The van der Waals surface area contributed by atoms with Gasteiger partial charge in [-0.3, -0.25) is 9.59 Å². The van der Waals surface area contributed by atoms with Crippen molar-refractivity contribution in [2.45, 2.75) is 45.9 Å². The first-order chi connectivity index (χ1) is 7.74. The molecule has 0 bridgehead atoms. The number of amidine groups is 1. The molecule has 2 amide bonds. The molecular weight excluding hydrogens is 238 g/mol. The lowest BCUT2D eigenvalue weighted by atomic mass is 10.0. The first-order valence-electron chi connectivity index (χ1n) is 5.60. The van der Waals surface area contributed by atoms with Gasteiger partial charge in [-0.2, -0.15) is 0 Å². The number of nitrogens with zero attached hydrogens (tertiary/aromatic N) is 2. The summed E-state index contributed by atoms with van der Waals surface area (Å²) >= 11 is 1.43. The Morgan fingerprint density at radius 1 is 1.47 bits per heavy atom. The van der Waals surface area contributed by atoms with E-state index in [1.54, 1.807) is 0 Å². The molecule has 96 valence electrons. The van der Waals surface area contributed by atoms with Crippen LogP contribution in [0.15, 0.2) is 5.10 Å². The summed E-state index contributed by atoms with van der Waals surface area (Å²) < 4.78 is 0. The zero-order valence-electron chi connectivity index (χ0n) is 10.9. The molecule has 0 aromatic heterocycles. The molecule has 0 radical (unpaired) electrons. The van der Waals surface area contributed by atoms with Crippen LogP contribution in [-0.2, 0) is 9.59 Å². The predicted octanol–water partition coefficient (Wildman–Crippen LogP) is 1.75. The largest absolute Gasteiger partial charge is 0.304 e. The van der Waals surface area contributed by atoms with E-state index in [4.69, 9.17) is 0 Å². The third-order valence-electron chi connectivity index (χ3n) is 2.32. The van der Waals surface area contributed by atoms with Crippen LogP contribution in [0.1, 0.15) is 41.0 Å². The van der Waals surface area contributed by atoms with Gasteiger partial charge in [0.25, 0.3) is 0 Å². The quantitative estimate of drug-likeness (QED) is 0.819. The molecule has 5 nitrogen and oxygen atoms in total. The Labute approximate surface area is 106 Å². The number of carbonyl (C=O) groups is 2. The molecule has 6 heteroatoms. The Bertz CT molecular complexity index is 368. The summed E-state index contributed by atoms with van der Waals surface area (Å²) in [5.41, 5.74) is 0. The number of thioether (sulfide) groups is 1. The Hall–Kier alpha value is -1.04. The fraction of sp³-hybridized carbons (Fsp3) is 0.727. The lowest BCUT2D eigenvalue weighted by Gasteiger charge is -2.32. The second-order valence-corrected chi connectivity index (χ2v) is 6.26. The van der Waals surface area contributed by atoms with Gasteiger partial charge in [-0.05, 0) is 19.3 Å². The van der Waals surface area contributed by atoms with Crippen LogP contribution in [-0.4, -0.2) is 26.9 Å². The van der Waals surface area contributed by atoms with E-state index >= 15 is 0 Å². The number of hydrogen-bond donors (Lipinski definition) is 1. The van der Waals surface area contributed by atoms with Gasteiger partial charge in [-0.1, -0.05) is 25.6 Å². The van der Waals surface area contributed by atoms with Gasteiger partial charge in [-0.25, -0.2) is 5.01 Å². The molecule has 1 unspecified atom stereocenters. The van der Waals surface area contributed by atoms with Crippen molar-refractivity contribution in [1.29, 1.82) is 0 Å². The van der Waals surface area contributed by atoms with Gasteiger partial charge in [0, 0.05) is 13.8 Å². The topological polar surface area (TPSA) is 61.8 Å². The molecule has 0 spiro atoms. The van der Waals surface area contributed by atoms with Crippen molar-refractivity contribution in [1.82, 2.24) is 10.3 Å². The first kappa shape index (κ1) is 14.0. The van der Waals surface area contributed by atoms with Crippen LogP contribution >= 0.6 is 11.8 Å². The second-order valence-electron chi connectivity index (χ2n) is 4.79. The monoisotopic (exact) mass is 257 g/mol. The lowest BCUT2D eigenvalue weighted by Crippen LogP contribution is -2.41. The van der Waals surface area contributed by atoms with E-state index in [1.807, 2.05) is 6.92 Å². The maximum Gasteiger partial charge on any atom is 0.240 e. The molecule has 0 aromatic rings. The number of rotatable bonds is 2. The molecular formula is C11H19N3O2S. The maximum atomic E-state index is 11.6. The standard InChI is InChI=1S/C11H19N3O2S/c1-7(2)6-11(5)14(9(4)16)13-10(17-11)12-8(3)15/h7H,6H2,1-5H3,(H,12,13,15). The van der Waals surface area contributed by atoms with Crippen molar-refractivity contribution in [3.05, 3.63) is 0 Å². The molecule has 1 heterocycles. The Balaban J connectivity index is 2.88. The number of hydrazone groups is 1. The first-order valence-corrected chi connectivity index (χ1v) is 6.42. The van der Waals surface area contributed by atoms with E-state index < -0.39 is 4.87 Å². The van der Waals surface area contributed by atoms with Crippen LogP contribution in [0.25, 0.3) is 0 Å². The summed E-state index contributed by atoms with van der Waals surface area (Å²) in [5.74, 6) is 0.163. The molecule has 0 saturated heterocycles. The summed E-state index contributed by atoms with van der Waals surface area (Å²) in [7, 11) is 0. The van der Waals surface area contributed by atoms with Crippen molar-refractivity contribution in [3.63, 3.8) is 0 Å². The van der Waals surface area contributed by atoms with Crippen molar-refractivity contribution in [3.8, 4) is 0 Å². The summed E-state index contributed by atoms with van der Waals surface area (Å²) in [6.45, 7) is 9.08. The third-order valence-corrected chi connectivity index (χ3v) is 3.48. The number of carbonyl (C=O) groups excluding carboxylic acids is 2. The van der Waals surface area contributed by atoms with Gasteiger partial charge in [0.2, 0.25) is 11.8 Å². The van der Waals surface area contributed by atoms with Gasteiger partial charge in [-0.15, -0.1) is 5.10 Å². The minimum atomic E-state index is -0.405. The predicted molar refractivity (Wildman–Crippen MR) is 69.2 cm³/mol. The van der Waals surface area contributed by atoms with Crippen LogP contribution in [0, 0.1) is 5.92 Å². The molecule has 0 fully saturated rings. The second kappa shape index (κ2) is 5.08. The summed E-state index contributed by atoms with van der Waals surface area (Å²) in [5, 5.41) is 8.76. The Morgan fingerprint density at radius 3 is 2.47 bits per heavy atom. The van der Waals surface area contributed by atoms with E-state index in [0.29, 0.717) is 11.1 Å². The van der Waals surface area contributed by atoms with Crippen molar-refractivity contribution in [2.75, 3.05) is 0 Å². The smallest absolute Gasteiger partial charge is 0.240 e. The Morgan fingerprint density at radius 2 is 2.06 bits per heavy atom. The zero-order chi connectivity index (χ0) is 13.2. The molecule has 0 aliphatic carbocycles. The van der Waals surface area contributed by atoms with Gasteiger partial charge in [0.15, 0.2) is 5.17 Å². The highest BCUT2D eigenvalue weighted by molar-refractivity contribution is 8.15. The average Bonchev–Trinajstić information content (AvgIpc) is 2.39. The maximum absolute atomic E-state index is 11.6. The van der Waals surface area contributed by atoms with E-state index in [-0.39, 0.29) is 11.8 Å². The summed E-state index contributed by atoms with van der Waals surface area (Å²) in [6, 6.07) is 0. The van der Waals surface area contributed by atoms with E-state index in [0.717, 1.165) is 6.42 Å². The van der Waals surface area contributed by atoms with Crippen LogP contribution in [0.3, 0.4) is 0 Å². The SMILES string of the molecule is CC(=O)NC1=NN(C(C)=O)C(C)(CC(C)C)S1. The minimum Gasteiger partial charge on any atom is -0.304 e. The lowest BCUT2D eigenvalue weighted by molar-refractivity contribution is -0.132. The Kier molecular flexibility index (Phi) is 4.19. The van der Waals surface area contributed by atoms with Crippen LogP contribution in [0.5, 0.6) is 0 Å². The molecule has 1 rings (SSSR count). The number of amides is 2. The highest BCUT2D eigenvalue weighted by atomic mass is 32.2. The summed E-state index contributed by atoms with van der Waals surface area (Å²) in [6.07, 6.45) is 0.823. The highest BCUT2D eigenvalue weighted by Crippen LogP contribution is 2.40. The normalized spacial score (nSPS) is 23.9. The number of nitrogens with one attached hydrogen (secondary N) is 1. The van der Waals surface area contributed by atoms with Crippen molar-refractivity contribution < 1.29 is 9.59 Å². The van der Waals surface area contributed by atoms with Crippen LogP contribution in [0.2, 0.25) is 0 Å².